The molecule has 0 saturated carbocycles. The van der Waals surface area contributed by atoms with E-state index < -0.39 is 10.0 Å². The van der Waals surface area contributed by atoms with Crippen LogP contribution < -0.4 is 0 Å². The first-order chi connectivity index (χ1) is 10.9. The van der Waals surface area contributed by atoms with Gasteiger partial charge in [-0.1, -0.05) is 6.07 Å². The summed E-state index contributed by atoms with van der Waals surface area (Å²) in [6, 6.07) is 5.38. The third-order valence-corrected chi connectivity index (χ3v) is 7.85. The van der Waals surface area contributed by atoms with Crippen LogP contribution in [-0.4, -0.2) is 49.7 Å². The molecule has 5 nitrogen and oxygen atoms in total. The third kappa shape index (κ3) is 3.21. The SMILES string of the molecule is Cc1cc(S(=O)(=O)N2CCN(C(=O)c3cccs3)CC2)c(C)s1. The number of sulfonamides is 1. The van der Waals surface area contributed by atoms with Gasteiger partial charge in [0.25, 0.3) is 5.91 Å². The van der Waals surface area contributed by atoms with Crippen molar-refractivity contribution in [2.75, 3.05) is 26.2 Å². The van der Waals surface area contributed by atoms with Crippen molar-refractivity contribution < 1.29 is 13.2 Å². The van der Waals surface area contributed by atoms with Crippen molar-refractivity contribution >= 4 is 38.6 Å². The number of carbonyl (C=O) groups is 1. The molecule has 0 unspecified atom stereocenters. The summed E-state index contributed by atoms with van der Waals surface area (Å²) in [5.41, 5.74) is 0. The Hall–Kier alpha value is -1.22. The van der Waals surface area contributed by atoms with Gasteiger partial charge in [0.05, 0.1) is 9.77 Å². The molecule has 2 aromatic rings. The smallest absolute Gasteiger partial charge is 0.264 e. The molecule has 0 spiro atoms. The van der Waals surface area contributed by atoms with E-state index in [9.17, 15) is 13.2 Å². The highest BCUT2D eigenvalue weighted by Crippen LogP contribution is 2.28. The van der Waals surface area contributed by atoms with E-state index in [1.165, 1.54) is 27.0 Å². The van der Waals surface area contributed by atoms with Crippen LogP contribution >= 0.6 is 22.7 Å². The molecule has 2 aromatic heterocycles. The summed E-state index contributed by atoms with van der Waals surface area (Å²) in [5, 5.41) is 1.87. The number of amides is 1. The van der Waals surface area contributed by atoms with Crippen molar-refractivity contribution in [3.8, 4) is 0 Å². The van der Waals surface area contributed by atoms with Gasteiger partial charge >= 0.3 is 0 Å². The second-order valence-electron chi connectivity index (χ2n) is 5.45. The first kappa shape index (κ1) is 16.6. The van der Waals surface area contributed by atoms with E-state index >= 15 is 0 Å². The maximum atomic E-state index is 12.8. The first-order valence-corrected chi connectivity index (χ1v) is 10.4. The maximum absolute atomic E-state index is 12.8. The van der Waals surface area contributed by atoms with Gasteiger partial charge in [0.2, 0.25) is 10.0 Å². The van der Waals surface area contributed by atoms with Gasteiger partial charge < -0.3 is 4.90 Å². The van der Waals surface area contributed by atoms with Crippen molar-refractivity contribution in [2.45, 2.75) is 18.7 Å². The van der Waals surface area contributed by atoms with Gasteiger partial charge in [-0.05, 0) is 31.4 Å². The van der Waals surface area contributed by atoms with Crippen LogP contribution in [0.3, 0.4) is 0 Å². The molecule has 8 heteroatoms. The van der Waals surface area contributed by atoms with E-state index in [1.807, 2.05) is 25.3 Å². The summed E-state index contributed by atoms with van der Waals surface area (Å²) in [7, 11) is -3.47. The molecule has 1 fully saturated rings. The molecule has 1 aliphatic heterocycles. The van der Waals surface area contributed by atoms with E-state index in [4.69, 9.17) is 0 Å². The highest BCUT2D eigenvalue weighted by Gasteiger charge is 2.32. The average molecular weight is 371 g/mol. The van der Waals surface area contributed by atoms with Crippen LogP contribution in [0.25, 0.3) is 0 Å². The monoisotopic (exact) mass is 370 g/mol. The van der Waals surface area contributed by atoms with E-state index in [0.29, 0.717) is 36.0 Å². The standard InChI is InChI=1S/C15H18N2O3S3/c1-11-10-14(12(2)22-11)23(19,20)17-7-5-16(6-8-17)15(18)13-4-3-9-21-13/h3-4,9-10H,5-8H2,1-2H3. The van der Waals surface area contributed by atoms with Crippen LogP contribution in [0.2, 0.25) is 0 Å². The number of nitrogens with zero attached hydrogens (tertiary/aromatic N) is 2. The predicted molar refractivity (Wildman–Crippen MR) is 92.8 cm³/mol. The molecule has 0 aliphatic carbocycles. The van der Waals surface area contributed by atoms with E-state index in [0.717, 1.165) is 9.75 Å². The Bertz CT molecular complexity index is 801. The fourth-order valence-corrected chi connectivity index (χ4v) is 6.33. The predicted octanol–water partition coefficient (Wildman–Crippen LogP) is 2.57. The van der Waals surface area contributed by atoms with Crippen LogP contribution in [0.4, 0.5) is 0 Å². The maximum Gasteiger partial charge on any atom is 0.264 e. The quantitative estimate of drug-likeness (QED) is 0.834. The molecule has 124 valence electrons. The lowest BCUT2D eigenvalue weighted by atomic mass is 10.3. The number of carbonyl (C=O) groups excluding carboxylic acids is 1. The zero-order valence-electron chi connectivity index (χ0n) is 13.0. The second-order valence-corrected chi connectivity index (χ2v) is 9.77. The molecular weight excluding hydrogens is 352 g/mol. The molecule has 0 atom stereocenters. The van der Waals surface area contributed by atoms with Crippen molar-refractivity contribution in [3.05, 3.63) is 38.2 Å². The van der Waals surface area contributed by atoms with E-state index in [-0.39, 0.29) is 5.91 Å². The van der Waals surface area contributed by atoms with Crippen LogP contribution in [0.1, 0.15) is 19.4 Å². The molecule has 1 aliphatic rings. The molecule has 1 amide bonds. The van der Waals surface area contributed by atoms with Crippen molar-refractivity contribution in [2.24, 2.45) is 0 Å². The minimum absolute atomic E-state index is 0.0143. The zero-order chi connectivity index (χ0) is 16.6. The molecule has 0 aromatic carbocycles. The number of hydrogen-bond donors (Lipinski definition) is 0. The first-order valence-electron chi connectivity index (χ1n) is 7.29. The summed E-state index contributed by atoms with van der Waals surface area (Å²) in [6.45, 7) is 5.28. The normalized spacial score (nSPS) is 16.7. The molecule has 23 heavy (non-hydrogen) atoms. The Morgan fingerprint density at radius 1 is 1.17 bits per heavy atom. The minimum Gasteiger partial charge on any atom is -0.335 e. The van der Waals surface area contributed by atoms with E-state index in [1.54, 1.807) is 17.0 Å². The summed E-state index contributed by atoms with van der Waals surface area (Å²) in [5.74, 6) is -0.0143. The van der Waals surface area contributed by atoms with Gasteiger partial charge in [0.15, 0.2) is 0 Å². The molecule has 0 bridgehead atoms. The van der Waals surface area contributed by atoms with Crippen molar-refractivity contribution in [1.29, 1.82) is 0 Å². The number of thiophene rings is 2. The Labute approximate surface area is 144 Å². The molecule has 0 radical (unpaired) electrons. The van der Waals surface area contributed by atoms with Gasteiger partial charge in [0, 0.05) is 35.9 Å². The Kier molecular flexibility index (Phi) is 4.59. The number of aryl methyl sites for hydroxylation is 2. The summed E-state index contributed by atoms with van der Waals surface area (Å²) in [4.78, 5) is 17.0. The fraction of sp³-hybridized carbons (Fsp3) is 0.400. The summed E-state index contributed by atoms with van der Waals surface area (Å²) in [6.07, 6.45) is 0. The molecule has 3 rings (SSSR count). The number of piperazine rings is 1. The van der Waals surface area contributed by atoms with Crippen molar-refractivity contribution in [3.63, 3.8) is 0 Å². The second kappa shape index (κ2) is 6.35. The van der Waals surface area contributed by atoms with Gasteiger partial charge in [-0.15, -0.1) is 22.7 Å². The third-order valence-electron chi connectivity index (χ3n) is 3.87. The van der Waals surface area contributed by atoms with Crippen LogP contribution in [-0.2, 0) is 10.0 Å². The fourth-order valence-electron chi connectivity index (χ4n) is 2.69. The summed E-state index contributed by atoms with van der Waals surface area (Å²) >= 11 is 2.91. The minimum atomic E-state index is -3.47. The molecule has 1 saturated heterocycles. The average Bonchev–Trinajstić information content (AvgIpc) is 3.16. The van der Waals surface area contributed by atoms with Crippen LogP contribution in [0.15, 0.2) is 28.5 Å². The topological polar surface area (TPSA) is 57.7 Å². The number of rotatable bonds is 3. The van der Waals surface area contributed by atoms with Gasteiger partial charge in [-0.3, -0.25) is 4.79 Å². The van der Waals surface area contributed by atoms with Gasteiger partial charge in [0.1, 0.15) is 0 Å². The largest absolute Gasteiger partial charge is 0.335 e. The van der Waals surface area contributed by atoms with Crippen molar-refractivity contribution in [1.82, 2.24) is 9.21 Å². The Balaban J connectivity index is 1.71. The highest BCUT2D eigenvalue weighted by atomic mass is 32.2. The highest BCUT2D eigenvalue weighted by molar-refractivity contribution is 7.89. The van der Waals surface area contributed by atoms with Crippen LogP contribution in [0, 0.1) is 13.8 Å². The lowest BCUT2D eigenvalue weighted by molar-refractivity contribution is 0.0703. The molecule has 3 heterocycles. The lowest BCUT2D eigenvalue weighted by Gasteiger charge is -2.33. The van der Waals surface area contributed by atoms with E-state index in [2.05, 4.69) is 0 Å². The lowest BCUT2D eigenvalue weighted by Crippen LogP contribution is -2.50. The number of hydrogen-bond acceptors (Lipinski definition) is 5. The van der Waals surface area contributed by atoms with Crippen LogP contribution in [0.5, 0.6) is 0 Å². The van der Waals surface area contributed by atoms with Gasteiger partial charge in [-0.25, -0.2) is 8.42 Å². The summed E-state index contributed by atoms with van der Waals surface area (Å²) < 4.78 is 27.0. The zero-order valence-corrected chi connectivity index (χ0v) is 15.4. The van der Waals surface area contributed by atoms with Gasteiger partial charge in [-0.2, -0.15) is 4.31 Å². The Morgan fingerprint density at radius 3 is 2.39 bits per heavy atom. The molecular formula is C15H18N2O3S3. The Morgan fingerprint density at radius 2 is 1.87 bits per heavy atom. The molecule has 0 N–H and O–H groups in total.